The van der Waals surface area contributed by atoms with E-state index in [4.69, 9.17) is 23.2 Å². The van der Waals surface area contributed by atoms with E-state index in [-0.39, 0.29) is 34.8 Å². The predicted octanol–water partition coefficient (Wildman–Crippen LogP) is 3.21. The summed E-state index contributed by atoms with van der Waals surface area (Å²) in [7, 11) is -4.03. The number of carbonyl (C=O) groups is 4. The number of nitrogens with zero attached hydrogens (tertiary/aromatic N) is 1. The molecule has 2 aromatic carbocycles. The number of hydrogen-bond donors (Lipinski definition) is 2. The topological polar surface area (TPSA) is 130 Å². The fraction of sp³-hybridized carbons (Fsp3) is 0.448. The standard InChI is InChI=1S/C29H31Cl2N3O6S/c1-28(2,24(35)26(37)32-19-11-12-19)33-25(36)22-15-20(41(39,40)23-6-4-3-5-21(23)31)16-34(22)27(38)29(13-14-29)17-7-9-18(30)10-8-17/h3-10,19-20,22H,11-16H2,1-2H3,(H,32,37)(H,33,36)/t20-,22+/m1/s1. The van der Waals surface area contributed by atoms with E-state index < -0.39 is 49.7 Å². The van der Waals surface area contributed by atoms with Gasteiger partial charge in [0.1, 0.15) is 11.6 Å². The molecule has 2 atom stereocenters. The molecule has 2 aromatic rings. The third kappa shape index (κ3) is 5.74. The van der Waals surface area contributed by atoms with Crippen molar-refractivity contribution in [2.24, 2.45) is 0 Å². The average molecular weight is 621 g/mol. The van der Waals surface area contributed by atoms with E-state index in [0.29, 0.717) is 17.9 Å². The Balaban J connectivity index is 1.44. The summed E-state index contributed by atoms with van der Waals surface area (Å²) < 4.78 is 27.4. The van der Waals surface area contributed by atoms with Gasteiger partial charge in [0.15, 0.2) is 9.84 Å². The van der Waals surface area contributed by atoms with Crippen molar-refractivity contribution >= 4 is 56.5 Å². The number of rotatable bonds is 9. The zero-order valence-corrected chi connectivity index (χ0v) is 25.0. The summed E-state index contributed by atoms with van der Waals surface area (Å²) in [4.78, 5) is 54.4. The second kappa shape index (κ2) is 10.7. The SMILES string of the molecule is CC(C)(NC(=O)[C@@H]1C[C@@H](S(=O)(=O)c2ccccc2Cl)CN1C(=O)C1(c2ccc(Cl)cc2)CC1)C(=O)C(=O)NC1CC1. The van der Waals surface area contributed by atoms with Crippen LogP contribution >= 0.6 is 23.2 Å². The summed E-state index contributed by atoms with van der Waals surface area (Å²) in [6.07, 6.45) is 2.46. The van der Waals surface area contributed by atoms with Crippen molar-refractivity contribution in [3.63, 3.8) is 0 Å². The summed E-state index contributed by atoms with van der Waals surface area (Å²) in [6.45, 7) is 2.60. The number of carbonyl (C=O) groups excluding carboxylic acids is 4. The summed E-state index contributed by atoms with van der Waals surface area (Å²) in [5.74, 6) is -2.70. The van der Waals surface area contributed by atoms with Crippen LogP contribution in [0.4, 0.5) is 0 Å². The molecular weight excluding hydrogens is 589 g/mol. The van der Waals surface area contributed by atoms with Gasteiger partial charge in [-0.05, 0) is 75.8 Å². The Morgan fingerprint density at radius 1 is 0.976 bits per heavy atom. The van der Waals surface area contributed by atoms with Gasteiger partial charge in [-0.1, -0.05) is 47.5 Å². The molecule has 0 aromatic heterocycles. The smallest absolute Gasteiger partial charge is 0.290 e. The van der Waals surface area contributed by atoms with Gasteiger partial charge in [-0.15, -0.1) is 0 Å². The maximum Gasteiger partial charge on any atom is 0.290 e. The first-order valence-electron chi connectivity index (χ1n) is 13.5. The van der Waals surface area contributed by atoms with Gasteiger partial charge in [-0.25, -0.2) is 8.42 Å². The summed E-state index contributed by atoms with van der Waals surface area (Å²) in [6, 6.07) is 11.7. The number of hydrogen-bond acceptors (Lipinski definition) is 6. The maximum atomic E-state index is 14.1. The van der Waals surface area contributed by atoms with E-state index >= 15 is 0 Å². The minimum Gasteiger partial charge on any atom is -0.347 e. The Kier molecular flexibility index (Phi) is 7.72. The minimum absolute atomic E-state index is 0.0423. The van der Waals surface area contributed by atoms with Gasteiger partial charge in [-0.2, -0.15) is 0 Å². The molecule has 2 aliphatic carbocycles. The molecule has 5 rings (SSSR count). The van der Waals surface area contributed by atoms with Crippen LogP contribution in [0, 0.1) is 0 Å². The molecule has 2 saturated carbocycles. The van der Waals surface area contributed by atoms with Gasteiger partial charge >= 0.3 is 0 Å². The highest BCUT2D eigenvalue weighted by molar-refractivity contribution is 7.92. The first-order chi connectivity index (χ1) is 19.3. The van der Waals surface area contributed by atoms with Gasteiger partial charge in [0.25, 0.3) is 5.91 Å². The quantitative estimate of drug-likeness (QED) is 0.415. The van der Waals surface area contributed by atoms with E-state index in [2.05, 4.69) is 10.6 Å². The minimum atomic E-state index is -4.03. The Hall–Kier alpha value is -2.95. The molecular formula is C29H31Cl2N3O6S. The number of Topliss-reactive ketones (excluding diaryl/α,β-unsaturated/α-hetero) is 1. The number of halogens is 2. The lowest BCUT2D eigenvalue weighted by Gasteiger charge is -2.31. The van der Waals surface area contributed by atoms with Crippen molar-refractivity contribution in [3.05, 3.63) is 64.1 Å². The van der Waals surface area contributed by atoms with Gasteiger partial charge in [-0.3, -0.25) is 19.2 Å². The summed E-state index contributed by atoms with van der Waals surface area (Å²) in [5.41, 5.74) is -1.75. The van der Waals surface area contributed by atoms with Crippen LogP contribution in [0.2, 0.25) is 10.0 Å². The van der Waals surface area contributed by atoms with Crippen LogP contribution in [0.15, 0.2) is 53.4 Å². The summed E-state index contributed by atoms with van der Waals surface area (Å²) >= 11 is 12.3. The molecule has 2 N–H and O–H groups in total. The third-order valence-corrected chi connectivity index (χ3v) is 11.0. The zero-order valence-electron chi connectivity index (χ0n) is 22.7. The molecule has 3 aliphatic rings. The lowest BCUT2D eigenvalue weighted by Crippen LogP contribution is -2.59. The zero-order chi connectivity index (χ0) is 29.7. The maximum absolute atomic E-state index is 14.1. The van der Waals surface area contributed by atoms with Crippen molar-refractivity contribution in [2.75, 3.05) is 6.54 Å². The predicted molar refractivity (Wildman–Crippen MR) is 153 cm³/mol. The van der Waals surface area contributed by atoms with E-state index in [1.807, 2.05) is 0 Å². The number of nitrogens with one attached hydrogen (secondary N) is 2. The van der Waals surface area contributed by atoms with Crippen LogP contribution in [0.1, 0.15) is 51.5 Å². The fourth-order valence-corrected chi connectivity index (χ4v) is 7.70. The first kappa shape index (κ1) is 29.5. The molecule has 218 valence electrons. The third-order valence-electron chi connectivity index (χ3n) is 8.09. The molecule has 0 spiro atoms. The monoisotopic (exact) mass is 619 g/mol. The average Bonchev–Trinajstić information content (AvgIpc) is 3.85. The van der Waals surface area contributed by atoms with Crippen molar-refractivity contribution in [1.82, 2.24) is 15.5 Å². The molecule has 1 aliphatic heterocycles. The Labute approximate surface area is 248 Å². The van der Waals surface area contributed by atoms with Gasteiger partial charge in [0.05, 0.1) is 20.6 Å². The largest absolute Gasteiger partial charge is 0.347 e. The van der Waals surface area contributed by atoms with Crippen LogP contribution in [0.25, 0.3) is 0 Å². The number of likely N-dealkylation sites (tertiary alicyclic amines) is 1. The Morgan fingerprint density at radius 3 is 2.20 bits per heavy atom. The van der Waals surface area contributed by atoms with E-state index in [1.165, 1.54) is 30.9 Å². The second-order valence-electron chi connectivity index (χ2n) is 11.6. The highest BCUT2D eigenvalue weighted by atomic mass is 35.5. The molecule has 9 nitrogen and oxygen atoms in total. The molecule has 1 saturated heterocycles. The van der Waals surface area contributed by atoms with Crippen LogP contribution < -0.4 is 10.6 Å². The Morgan fingerprint density at radius 2 is 1.61 bits per heavy atom. The van der Waals surface area contributed by atoms with E-state index in [1.54, 1.807) is 36.4 Å². The summed E-state index contributed by atoms with van der Waals surface area (Å²) in [5, 5.41) is 4.69. The van der Waals surface area contributed by atoms with Crippen molar-refractivity contribution in [2.45, 2.75) is 79.1 Å². The molecule has 1 heterocycles. The number of sulfone groups is 1. The van der Waals surface area contributed by atoms with E-state index in [9.17, 15) is 27.6 Å². The highest BCUT2D eigenvalue weighted by Gasteiger charge is 2.57. The van der Waals surface area contributed by atoms with E-state index in [0.717, 1.165) is 18.4 Å². The fourth-order valence-electron chi connectivity index (χ4n) is 5.36. The first-order valence-corrected chi connectivity index (χ1v) is 15.8. The van der Waals surface area contributed by atoms with Gasteiger partial charge in [0, 0.05) is 17.6 Å². The number of ketones is 1. The molecule has 3 amide bonds. The molecule has 12 heteroatoms. The molecule has 3 fully saturated rings. The van der Waals surface area contributed by atoms with Crippen LogP contribution in [-0.2, 0) is 34.4 Å². The lowest BCUT2D eigenvalue weighted by atomic mass is 9.93. The van der Waals surface area contributed by atoms with Gasteiger partial charge in [0.2, 0.25) is 17.6 Å². The number of benzene rings is 2. The van der Waals surface area contributed by atoms with Gasteiger partial charge < -0.3 is 15.5 Å². The highest BCUT2D eigenvalue weighted by Crippen LogP contribution is 2.51. The second-order valence-corrected chi connectivity index (χ2v) is 14.6. The normalized spacial score (nSPS) is 21.7. The van der Waals surface area contributed by atoms with Crippen LogP contribution in [0.5, 0.6) is 0 Å². The molecule has 0 radical (unpaired) electrons. The van der Waals surface area contributed by atoms with Crippen molar-refractivity contribution in [3.8, 4) is 0 Å². The molecule has 0 unspecified atom stereocenters. The van der Waals surface area contributed by atoms with Crippen LogP contribution in [0.3, 0.4) is 0 Å². The lowest BCUT2D eigenvalue weighted by molar-refractivity contribution is -0.145. The number of amides is 3. The molecule has 0 bridgehead atoms. The van der Waals surface area contributed by atoms with Crippen LogP contribution in [-0.4, -0.2) is 66.2 Å². The molecule has 41 heavy (non-hydrogen) atoms. The Bertz CT molecular complexity index is 1520. The van der Waals surface area contributed by atoms with Crippen molar-refractivity contribution < 1.29 is 27.6 Å². The van der Waals surface area contributed by atoms with Crippen molar-refractivity contribution in [1.29, 1.82) is 0 Å².